The molecule has 2 N–H and O–H groups in total. The molecule has 0 aliphatic rings. The SMILES string of the molecule is C#CCC(C)NCC(O)c1cccc(F)c1. The average Bonchev–Trinajstić information content (AvgIpc) is 2.26. The molecule has 2 atom stereocenters. The van der Waals surface area contributed by atoms with E-state index in [9.17, 15) is 9.50 Å². The van der Waals surface area contributed by atoms with E-state index in [1.807, 2.05) is 6.92 Å². The second kappa shape index (κ2) is 6.26. The van der Waals surface area contributed by atoms with Crippen LogP contribution >= 0.6 is 0 Å². The van der Waals surface area contributed by atoms with Gasteiger partial charge in [0.1, 0.15) is 5.82 Å². The van der Waals surface area contributed by atoms with Crippen LogP contribution in [-0.4, -0.2) is 17.7 Å². The molecule has 0 bridgehead atoms. The van der Waals surface area contributed by atoms with Gasteiger partial charge < -0.3 is 10.4 Å². The highest BCUT2D eigenvalue weighted by Crippen LogP contribution is 2.13. The predicted molar refractivity (Wildman–Crippen MR) is 62.3 cm³/mol. The van der Waals surface area contributed by atoms with Crippen molar-refractivity contribution in [3.05, 3.63) is 35.6 Å². The minimum atomic E-state index is -0.712. The van der Waals surface area contributed by atoms with Crippen molar-refractivity contribution >= 4 is 0 Å². The summed E-state index contributed by atoms with van der Waals surface area (Å²) in [5.74, 6) is 2.20. The number of terminal acetylenes is 1. The number of rotatable bonds is 5. The zero-order valence-electron chi connectivity index (χ0n) is 9.28. The first-order chi connectivity index (χ1) is 7.63. The fraction of sp³-hybridized carbons (Fsp3) is 0.385. The molecule has 0 radical (unpaired) electrons. The Morgan fingerprint density at radius 2 is 2.31 bits per heavy atom. The van der Waals surface area contributed by atoms with Gasteiger partial charge >= 0.3 is 0 Å². The van der Waals surface area contributed by atoms with Crippen molar-refractivity contribution in [3.63, 3.8) is 0 Å². The van der Waals surface area contributed by atoms with Crippen LogP contribution in [0.15, 0.2) is 24.3 Å². The van der Waals surface area contributed by atoms with Crippen molar-refractivity contribution in [1.29, 1.82) is 0 Å². The van der Waals surface area contributed by atoms with Crippen molar-refractivity contribution in [2.45, 2.75) is 25.5 Å². The molecule has 1 rings (SSSR count). The summed E-state index contributed by atoms with van der Waals surface area (Å²) in [5.41, 5.74) is 0.570. The lowest BCUT2D eigenvalue weighted by atomic mass is 10.1. The number of nitrogens with one attached hydrogen (secondary N) is 1. The highest BCUT2D eigenvalue weighted by molar-refractivity contribution is 5.18. The van der Waals surface area contributed by atoms with Crippen molar-refractivity contribution in [2.24, 2.45) is 0 Å². The van der Waals surface area contributed by atoms with E-state index >= 15 is 0 Å². The van der Waals surface area contributed by atoms with Crippen LogP contribution in [0.25, 0.3) is 0 Å². The molecule has 2 nitrogen and oxygen atoms in total. The van der Waals surface area contributed by atoms with Gasteiger partial charge in [-0.2, -0.15) is 0 Å². The zero-order chi connectivity index (χ0) is 12.0. The van der Waals surface area contributed by atoms with E-state index in [0.29, 0.717) is 18.5 Å². The molecule has 0 amide bonds. The van der Waals surface area contributed by atoms with Crippen LogP contribution < -0.4 is 5.32 Å². The van der Waals surface area contributed by atoms with E-state index in [-0.39, 0.29) is 11.9 Å². The summed E-state index contributed by atoms with van der Waals surface area (Å²) in [6.45, 7) is 2.31. The number of hydrogen-bond acceptors (Lipinski definition) is 2. The van der Waals surface area contributed by atoms with Crippen molar-refractivity contribution in [1.82, 2.24) is 5.32 Å². The Labute approximate surface area is 95.5 Å². The summed E-state index contributed by atoms with van der Waals surface area (Å²) >= 11 is 0. The molecular formula is C13H16FNO. The molecule has 0 aliphatic carbocycles. The molecule has 0 aromatic heterocycles. The maximum absolute atomic E-state index is 12.9. The highest BCUT2D eigenvalue weighted by atomic mass is 19.1. The summed E-state index contributed by atoms with van der Waals surface area (Å²) in [4.78, 5) is 0. The summed E-state index contributed by atoms with van der Waals surface area (Å²) in [5, 5.41) is 12.9. The topological polar surface area (TPSA) is 32.3 Å². The van der Waals surface area contributed by atoms with Gasteiger partial charge in [0, 0.05) is 19.0 Å². The van der Waals surface area contributed by atoms with Crippen molar-refractivity contribution < 1.29 is 9.50 Å². The van der Waals surface area contributed by atoms with E-state index in [4.69, 9.17) is 6.42 Å². The van der Waals surface area contributed by atoms with E-state index in [0.717, 1.165) is 0 Å². The Kier molecular flexibility index (Phi) is 4.97. The molecule has 0 heterocycles. The van der Waals surface area contributed by atoms with E-state index in [2.05, 4.69) is 11.2 Å². The van der Waals surface area contributed by atoms with Gasteiger partial charge in [0.15, 0.2) is 0 Å². The standard InChI is InChI=1S/C13H16FNO/c1-3-5-10(2)15-9-13(16)11-6-4-7-12(14)8-11/h1,4,6-8,10,13,15-16H,5,9H2,2H3. The maximum atomic E-state index is 12.9. The number of halogens is 1. The number of aliphatic hydroxyl groups is 1. The third kappa shape index (κ3) is 4.01. The third-order valence-corrected chi connectivity index (χ3v) is 2.32. The first-order valence-corrected chi connectivity index (χ1v) is 5.24. The number of aliphatic hydroxyl groups excluding tert-OH is 1. The fourth-order valence-corrected chi connectivity index (χ4v) is 1.39. The van der Waals surface area contributed by atoms with Crippen LogP contribution in [-0.2, 0) is 0 Å². The van der Waals surface area contributed by atoms with Crippen LogP contribution in [0.3, 0.4) is 0 Å². The van der Waals surface area contributed by atoms with Gasteiger partial charge in [0.2, 0.25) is 0 Å². The Hall–Kier alpha value is -1.37. The van der Waals surface area contributed by atoms with Crippen molar-refractivity contribution in [2.75, 3.05) is 6.54 Å². The second-order valence-corrected chi connectivity index (χ2v) is 3.79. The molecule has 2 unspecified atom stereocenters. The Balaban J connectivity index is 2.47. The van der Waals surface area contributed by atoms with E-state index in [1.165, 1.54) is 12.1 Å². The fourth-order valence-electron chi connectivity index (χ4n) is 1.39. The third-order valence-electron chi connectivity index (χ3n) is 2.32. The lowest BCUT2D eigenvalue weighted by molar-refractivity contribution is 0.170. The Bertz CT molecular complexity index is 372. The molecule has 0 saturated carbocycles. The zero-order valence-corrected chi connectivity index (χ0v) is 9.28. The molecule has 16 heavy (non-hydrogen) atoms. The number of hydrogen-bond donors (Lipinski definition) is 2. The largest absolute Gasteiger partial charge is 0.387 e. The van der Waals surface area contributed by atoms with E-state index in [1.54, 1.807) is 12.1 Å². The molecule has 0 aliphatic heterocycles. The molecule has 1 aromatic rings. The van der Waals surface area contributed by atoms with Gasteiger partial charge in [-0.25, -0.2) is 4.39 Å². The minimum absolute atomic E-state index is 0.146. The first-order valence-electron chi connectivity index (χ1n) is 5.24. The van der Waals surface area contributed by atoms with Gasteiger partial charge in [0.05, 0.1) is 6.10 Å². The monoisotopic (exact) mass is 221 g/mol. The quantitative estimate of drug-likeness (QED) is 0.744. The summed E-state index contributed by atoms with van der Waals surface area (Å²) in [6, 6.07) is 6.11. The lowest BCUT2D eigenvalue weighted by Gasteiger charge is -2.15. The second-order valence-electron chi connectivity index (χ2n) is 3.79. The summed E-state index contributed by atoms with van der Waals surface area (Å²) in [7, 11) is 0. The average molecular weight is 221 g/mol. The summed E-state index contributed by atoms with van der Waals surface area (Å²) < 4.78 is 12.9. The molecule has 0 spiro atoms. The number of benzene rings is 1. The first kappa shape index (κ1) is 12.7. The van der Waals surface area contributed by atoms with Gasteiger partial charge in [0.25, 0.3) is 0 Å². The molecule has 86 valence electrons. The van der Waals surface area contributed by atoms with Crippen LogP contribution in [0.5, 0.6) is 0 Å². The molecule has 0 fully saturated rings. The van der Waals surface area contributed by atoms with Gasteiger partial charge in [-0.3, -0.25) is 0 Å². The van der Waals surface area contributed by atoms with Crippen LogP contribution in [0.4, 0.5) is 4.39 Å². The molecule has 1 aromatic carbocycles. The summed E-state index contributed by atoms with van der Waals surface area (Å²) in [6.07, 6.45) is 5.06. The normalized spacial score (nSPS) is 14.1. The Morgan fingerprint density at radius 3 is 2.94 bits per heavy atom. The van der Waals surface area contributed by atoms with Crippen molar-refractivity contribution in [3.8, 4) is 12.3 Å². The van der Waals surface area contributed by atoms with Crippen LogP contribution in [0.2, 0.25) is 0 Å². The van der Waals surface area contributed by atoms with E-state index < -0.39 is 6.10 Å². The maximum Gasteiger partial charge on any atom is 0.123 e. The molecule has 3 heteroatoms. The minimum Gasteiger partial charge on any atom is -0.387 e. The molecular weight excluding hydrogens is 205 g/mol. The predicted octanol–water partition coefficient (Wildman–Crippen LogP) is 1.86. The Morgan fingerprint density at radius 1 is 1.56 bits per heavy atom. The molecule has 0 saturated heterocycles. The van der Waals surface area contributed by atoms with Crippen LogP contribution in [0.1, 0.15) is 25.0 Å². The van der Waals surface area contributed by atoms with Gasteiger partial charge in [-0.15, -0.1) is 12.3 Å². The van der Waals surface area contributed by atoms with Gasteiger partial charge in [-0.1, -0.05) is 12.1 Å². The lowest BCUT2D eigenvalue weighted by Crippen LogP contribution is -2.30. The van der Waals surface area contributed by atoms with Gasteiger partial charge in [-0.05, 0) is 24.6 Å². The van der Waals surface area contributed by atoms with Crippen LogP contribution in [0, 0.1) is 18.2 Å². The smallest absolute Gasteiger partial charge is 0.123 e. The highest BCUT2D eigenvalue weighted by Gasteiger charge is 2.09.